The first-order valence-electron chi connectivity index (χ1n) is 5.71. The molecule has 0 bridgehead atoms. The van der Waals surface area contributed by atoms with Gasteiger partial charge in [0.05, 0.1) is 22.3 Å². The van der Waals surface area contributed by atoms with Crippen LogP contribution in [0.3, 0.4) is 0 Å². The molecule has 0 radical (unpaired) electrons. The molecule has 0 heterocycles. The monoisotopic (exact) mass is 491 g/mol. The van der Waals surface area contributed by atoms with Gasteiger partial charge in [0.25, 0.3) is 5.91 Å². The van der Waals surface area contributed by atoms with Crippen molar-refractivity contribution >= 4 is 51.1 Å². The number of hydrogen-bond acceptors (Lipinski definition) is 4. The zero-order chi connectivity index (χ0) is 14.3. The zero-order valence-electron chi connectivity index (χ0n) is 10.2. The Hall–Kier alpha value is -0.130. The number of carbonyl (C=O) groups is 1. The number of amides is 1. The predicted octanol–water partition coefficient (Wildman–Crippen LogP) is 1.73. The molecule has 0 aliphatic heterocycles. The van der Waals surface area contributed by atoms with Crippen LogP contribution in [0.25, 0.3) is 0 Å². The number of rotatable bonds is 7. The summed E-state index contributed by atoms with van der Waals surface area (Å²) in [5.74, 6) is -0.286. The van der Waals surface area contributed by atoms with Gasteiger partial charge in [-0.15, -0.1) is 0 Å². The van der Waals surface area contributed by atoms with Crippen molar-refractivity contribution in [3.8, 4) is 5.75 Å². The van der Waals surface area contributed by atoms with Gasteiger partial charge in [0.2, 0.25) is 0 Å². The maximum absolute atomic E-state index is 11.9. The summed E-state index contributed by atoms with van der Waals surface area (Å²) in [6.07, 6.45) is 0.660. The number of aliphatic hydroxyl groups excluding tert-OH is 1. The third-order valence-corrected chi connectivity index (χ3v) is 3.70. The van der Waals surface area contributed by atoms with Crippen molar-refractivity contribution in [2.75, 3.05) is 26.4 Å². The molecule has 1 aromatic rings. The number of carbonyl (C=O) groups excluding carboxylic acids is 1. The Kier molecular flexibility index (Phi) is 7.95. The van der Waals surface area contributed by atoms with Gasteiger partial charge >= 0.3 is 0 Å². The Balaban J connectivity index is 2.46. The second kappa shape index (κ2) is 8.93. The lowest BCUT2D eigenvalue weighted by Gasteiger charge is -2.09. The molecule has 0 saturated carbocycles. The van der Waals surface area contributed by atoms with E-state index in [-0.39, 0.29) is 23.8 Å². The van der Waals surface area contributed by atoms with Crippen molar-refractivity contribution < 1.29 is 19.7 Å². The number of hydrogen-bond donors (Lipinski definition) is 3. The summed E-state index contributed by atoms with van der Waals surface area (Å²) in [6.45, 7) is 1.26. The molecule has 1 rings (SSSR count). The van der Waals surface area contributed by atoms with Crippen LogP contribution in [0.1, 0.15) is 16.8 Å². The van der Waals surface area contributed by atoms with Gasteiger partial charge in [-0.05, 0) is 63.7 Å². The van der Waals surface area contributed by atoms with Crippen LogP contribution >= 0.6 is 45.2 Å². The molecule has 3 N–H and O–H groups in total. The molecule has 0 unspecified atom stereocenters. The molecule has 0 aliphatic carbocycles. The Labute approximate surface area is 139 Å². The average molecular weight is 491 g/mol. The van der Waals surface area contributed by atoms with E-state index in [0.717, 1.165) is 3.57 Å². The van der Waals surface area contributed by atoms with E-state index in [1.54, 1.807) is 12.1 Å². The van der Waals surface area contributed by atoms with Crippen LogP contribution < -0.4 is 5.32 Å². The van der Waals surface area contributed by atoms with Gasteiger partial charge in [-0.3, -0.25) is 4.79 Å². The van der Waals surface area contributed by atoms with Crippen LogP contribution in [0.2, 0.25) is 0 Å². The summed E-state index contributed by atoms with van der Waals surface area (Å²) in [7, 11) is 0. The maximum Gasteiger partial charge on any atom is 0.255 e. The van der Waals surface area contributed by atoms with Crippen LogP contribution in [-0.4, -0.2) is 42.5 Å². The molecule has 19 heavy (non-hydrogen) atoms. The fraction of sp³-hybridized carbons (Fsp3) is 0.417. The molecule has 7 heteroatoms. The van der Waals surface area contributed by atoms with Crippen LogP contribution in [0.15, 0.2) is 12.1 Å². The number of aliphatic hydroxyl groups is 1. The Morgan fingerprint density at radius 2 is 2.05 bits per heavy atom. The zero-order valence-corrected chi connectivity index (χ0v) is 14.5. The molecular weight excluding hydrogens is 476 g/mol. The summed E-state index contributed by atoms with van der Waals surface area (Å²) in [5, 5.41) is 21.1. The van der Waals surface area contributed by atoms with Gasteiger partial charge in [0.15, 0.2) is 0 Å². The standard InChI is InChI=1S/C12H15I2NO4/c13-8-6-9(11(17)10(14)7-8)12(18)15-2-1-4-19-5-3-16/h6-7,16-17H,1-5H2,(H,15,18). The van der Waals surface area contributed by atoms with E-state index < -0.39 is 0 Å². The number of nitrogens with one attached hydrogen (secondary N) is 1. The quantitative estimate of drug-likeness (QED) is 0.402. The Bertz CT molecular complexity index is 440. The summed E-state index contributed by atoms with van der Waals surface area (Å²) in [6, 6.07) is 3.45. The highest BCUT2D eigenvalue weighted by atomic mass is 127. The SMILES string of the molecule is O=C(NCCCOCCO)c1cc(I)cc(I)c1O. The number of benzene rings is 1. The van der Waals surface area contributed by atoms with Crippen molar-refractivity contribution in [2.24, 2.45) is 0 Å². The minimum absolute atomic E-state index is 0.00111. The van der Waals surface area contributed by atoms with E-state index >= 15 is 0 Å². The lowest BCUT2D eigenvalue weighted by Crippen LogP contribution is -2.25. The van der Waals surface area contributed by atoms with Crippen LogP contribution in [-0.2, 0) is 4.74 Å². The van der Waals surface area contributed by atoms with Gasteiger partial charge in [-0.1, -0.05) is 0 Å². The third-order valence-electron chi connectivity index (χ3n) is 2.26. The van der Waals surface area contributed by atoms with Gasteiger partial charge < -0.3 is 20.3 Å². The summed E-state index contributed by atoms with van der Waals surface area (Å²) < 4.78 is 6.63. The summed E-state index contributed by atoms with van der Waals surface area (Å²) in [4.78, 5) is 11.9. The van der Waals surface area contributed by atoms with Crippen molar-refractivity contribution in [2.45, 2.75) is 6.42 Å². The van der Waals surface area contributed by atoms with Gasteiger partial charge in [-0.25, -0.2) is 0 Å². The molecule has 0 fully saturated rings. The molecule has 0 aromatic heterocycles. The second-order valence-electron chi connectivity index (χ2n) is 3.73. The highest BCUT2D eigenvalue weighted by Gasteiger charge is 2.14. The number of phenols is 1. The molecular formula is C12H15I2NO4. The summed E-state index contributed by atoms with van der Waals surface area (Å²) in [5.41, 5.74) is 0.285. The van der Waals surface area contributed by atoms with E-state index in [4.69, 9.17) is 9.84 Å². The number of halogens is 2. The molecule has 0 atom stereocenters. The van der Waals surface area contributed by atoms with Crippen molar-refractivity contribution in [1.82, 2.24) is 5.32 Å². The highest BCUT2D eigenvalue weighted by Crippen LogP contribution is 2.26. The lowest BCUT2D eigenvalue weighted by atomic mass is 10.2. The molecule has 0 saturated heterocycles. The minimum atomic E-state index is -0.295. The van der Waals surface area contributed by atoms with E-state index in [2.05, 4.69) is 27.9 Å². The lowest BCUT2D eigenvalue weighted by molar-refractivity contribution is 0.0866. The van der Waals surface area contributed by atoms with E-state index in [0.29, 0.717) is 29.7 Å². The minimum Gasteiger partial charge on any atom is -0.506 e. The smallest absolute Gasteiger partial charge is 0.255 e. The van der Waals surface area contributed by atoms with Crippen LogP contribution in [0.4, 0.5) is 0 Å². The topological polar surface area (TPSA) is 78.8 Å². The fourth-order valence-corrected chi connectivity index (χ4v) is 3.22. The Morgan fingerprint density at radius 1 is 1.32 bits per heavy atom. The Morgan fingerprint density at radius 3 is 2.74 bits per heavy atom. The largest absolute Gasteiger partial charge is 0.506 e. The fourth-order valence-electron chi connectivity index (χ4n) is 1.38. The van der Waals surface area contributed by atoms with E-state index in [1.807, 2.05) is 22.6 Å². The average Bonchev–Trinajstić information content (AvgIpc) is 2.37. The molecule has 106 valence electrons. The van der Waals surface area contributed by atoms with Crippen molar-refractivity contribution in [3.63, 3.8) is 0 Å². The van der Waals surface area contributed by atoms with Gasteiger partial charge in [0.1, 0.15) is 5.75 Å². The van der Waals surface area contributed by atoms with Crippen LogP contribution in [0.5, 0.6) is 5.75 Å². The highest BCUT2D eigenvalue weighted by molar-refractivity contribution is 14.1. The molecule has 0 aliphatic rings. The second-order valence-corrected chi connectivity index (χ2v) is 6.14. The van der Waals surface area contributed by atoms with Crippen molar-refractivity contribution in [1.29, 1.82) is 0 Å². The third kappa shape index (κ3) is 5.79. The van der Waals surface area contributed by atoms with Gasteiger partial charge in [-0.2, -0.15) is 0 Å². The first kappa shape index (κ1) is 16.9. The molecule has 1 aromatic carbocycles. The number of phenolic OH excluding ortho intramolecular Hbond substituents is 1. The molecule has 0 spiro atoms. The van der Waals surface area contributed by atoms with Gasteiger partial charge in [0, 0.05) is 16.7 Å². The maximum atomic E-state index is 11.9. The van der Waals surface area contributed by atoms with Crippen LogP contribution in [0, 0.1) is 7.14 Å². The first-order valence-corrected chi connectivity index (χ1v) is 7.87. The number of aromatic hydroxyl groups is 1. The predicted molar refractivity (Wildman–Crippen MR) is 88.4 cm³/mol. The number of ether oxygens (including phenoxy) is 1. The molecule has 5 nitrogen and oxygen atoms in total. The van der Waals surface area contributed by atoms with E-state index in [9.17, 15) is 9.90 Å². The van der Waals surface area contributed by atoms with E-state index in [1.165, 1.54) is 0 Å². The summed E-state index contributed by atoms with van der Waals surface area (Å²) >= 11 is 4.09. The van der Waals surface area contributed by atoms with Crippen molar-refractivity contribution in [3.05, 3.63) is 24.8 Å². The normalized spacial score (nSPS) is 10.5. The first-order chi connectivity index (χ1) is 9.06. The molecule has 1 amide bonds.